The van der Waals surface area contributed by atoms with Crippen LogP contribution < -0.4 is 5.43 Å². The molecule has 0 radical (unpaired) electrons. The van der Waals surface area contributed by atoms with Gasteiger partial charge in [-0.2, -0.15) is 5.10 Å². The Morgan fingerprint density at radius 3 is 2.46 bits per heavy atom. The lowest BCUT2D eigenvalue weighted by molar-refractivity contribution is 0.0929. The van der Waals surface area contributed by atoms with Gasteiger partial charge in [0.05, 0.1) is 9.78 Å². The van der Waals surface area contributed by atoms with E-state index in [4.69, 9.17) is 4.42 Å². The van der Waals surface area contributed by atoms with Crippen LogP contribution in [0.15, 0.2) is 92.9 Å². The molecule has 0 aliphatic heterocycles. The van der Waals surface area contributed by atoms with E-state index in [1.807, 2.05) is 37.3 Å². The quantitative estimate of drug-likeness (QED) is 0.122. The average Bonchev–Trinajstić information content (AvgIpc) is 3.40. The number of hydrogen-bond donors (Lipinski definition) is 1. The van der Waals surface area contributed by atoms with Crippen LogP contribution in [-0.2, 0) is 0 Å². The number of rotatable bonds is 5. The maximum Gasteiger partial charge on any atom is 0.307 e. The Bertz CT molecular complexity index is 1570. The van der Waals surface area contributed by atoms with Crippen LogP contribution in [0, 0.1) is 17.4 Å². The lowest BCUT2D eigenvalue weighted by Crippen LogP contribution is -2.16. The summed E-state index contributed by atoms with van der Waals surface area (Å²) in [6.07, 6.45) is 1.66. The fraction of sp³-hybridized carbons (Fsp3) is 0.0714. The monoisotopic (exact) mass is 637 g/mol. The molecule has 174 valence electrons. The zero-order valence-corrected chi connectivity index (χ0v) is 22.8. The van der Waals surface area contributed by atoms with Crippen molar-refractivity contribution in [2.45, 2.75) is 13.8 Å². The van der Waals surface area contributed by atoms with E-state index in [0.717, 1.165) is 36.1 Å². The fourth-order valence-corrected chi connectivity index (χ4v) is 5.81. The molecule has 0 atom stereocenters. The lowest BCUT2D eigenvalue weighted by Gasteiger charge is -2.11. The molecule has 5 nitrogen and oxygen atoms in total. The van der Waals surface area contributed by atoms with Gasteiger partial charge in [0.2, 0.25) is 0 Å². The van der Waals surface area contributed by atoms with Crippen molar-refractivity contribution in [3.8, 4) is 16.8 Å². The Morgan fingerprint density at radius 2 is 1.71 bits per heavy atom. The van der Waals surface area contributed by atoms with Gasteiger partial charge in [0, 0.05) is 32.5 Å². The van der Waals surface area contributed by atoms with Gasteiger partial charge in [-0.1, -0.05) is 58.4 Å². The highest BCUT2D eigenvalue weighted by atomic mass is 127. The summed E-state index contributed by atoms with van der Waals surface area (Å²) in [5.74, 6) is -0.174. The Hall–Kier alpha value is -3.17. The number of hydrazone groups is 1. The second-order valence-corrected chi connectivity index (χ2v) is 10.3. The molecule has 0 aliphatic carbocycles. The van der Waals surface area contributed by atoms with E-state index < -0.39 is 5.91 Å². The molecule has 0 saturated heterocycles. The number of aromatic nitrogens is 1. The Morgan fingerprint density at radius 1 is 1.00 bits per heavy atom. The number of carbonyl (C=O) groups is 1. The Labute approximate surface area is 225 Å². The average molecular weight is 638 g/mol. The number of furan rings is 1. The Balaban J connectivity index is 1.33. The van der Waals surface area contributed by atoms with E-state index in [2.05, 4.69) is 103 Å². The molecular weight excluding hydrogens is 617 g/mol. The molecule has 0 unspecified atom stereocenters. The van der Waals surface area contributed by atoms with Gasteiger partial charge in [-0.3, -0.25) is 4.79 Å². The third kappa shape index (κ3) is 4.83. The molecule has 7 heteroatoms. The summed E-state index contributed by atoms with van der Waals surface area (Å²) in [4.78, 5) is 12.6. The third-order valence-electron chi connectivity index (χ3n) is 5.83. The van der Waals surface area contributed by atoms with E-state index in [-0.39, 0.29) is 5.76 Å². The number of nitrogens with one attached hydrogen (secondary N) is 1. The van der Waals surface area contributed by atoms with Gasteiger partial charge in [-0.05, 0) is 84.0 Å². The highest BCUT2D eigenvalue weighted by Gasteiger charge is 2.15. The first-order valence-corrected chi connectivity index (χ1v) is 12.8. The van der Waals surface area contributed by atoms with Gasteiger partial charge >= 0.3 is 5.91 Å². The van der Waals surface area contributed by atoms with E-state index in [1.165, 1.54) is 11.1 Å². The van der Waals surface area contributed by atoms with Crippen LogP contribution >= 0.6 is 38.5 Å². The first-order valence-electron chi connectivity index (χ1n) is 11.0. The molecule has 0 saturated carbocycles. The zero-order valence-electron chi connectivity index (χ0n) is 19.0. The summed E-state index contributed by atoms with van der Waals surface area (Å²) >= 11 is 5.66. The molecular formula is C28H21BrIN3O2. The smallest absolute Gasteiger partial charge is 0.307 e. The number of benzene rings is 3. The molecule has 3 aromatic carbocycles. The zero-order chi connectivity index (χ0) is 24.5. The Kier molecular flexibility index (Phi) is 6.62. The van der Waals surface area contributed by atoms with Crippen LogP contribution in [-0.4, -0.2) is 16.7 Å². The predicted molar refractivity (Wildman–Crippen MR) is 152 cm³/mol. The molecule has 0 fully saturated rings. The first-order chi connectivity index (χ1) is 16.9. The van der Waals surface area contributed by atoms with Crippen molar-refractivity contribution < 1.29 is 9.21 Å². The van der Waals surface area contributed by atoms with Crippen molar-refractivity contribution in [1.82, 2.24) is 9.99 Å². The minimum absolute atomic E-state index is 0.220. The van der Waals surface area contributed by atoms with Crippen molar-refractivity contribution in [3.05, 3.63) is 110 Å². The maximum atomic E-state index is 12.6. The number of aryl methyl sites for hydroxylation is 1. The van der Waals surface area contributed by atoms with Gasteiger partial charge in [-0.25, -0.2) is 5.43 Å². The number of halogens is 2. The molecule has 0 spiro atoms. The summed E-state index contributed by atoms with van der Waals surface area (Å²) in [6.45, 7) is 4.10. The SMILES string of the molecule is Cc1cc(/C=N/NC(=O)c2cc3cc(Br)cc(I)c3o2)c(C)n1-c1ccc(-c2ccccc2)cc1. The van der Waals surface area contributed by atoms with Crippen LogP contribution in [0.2, 0.25) is 0 Å². The van der Waals surface area contributed by atoms with Gasteiger partial charge < -0.3 is 8.98 Å². The maximum absolute atomic E-state index is 12.6. The highest BCUT2D eigenvalue weighted by Crippen LogP contribution is 2.28. The van der Waals surface area contributed by atoms with Gasteiger partial charge in [0.15, 0.2) is 5.76 Å². The summed E-state index contributed by atoms with van der Waals surface area (Å²) in [7, 11) is 0. The van der Waals surface area contributed by atoms with E-state index in [9.17, 15) is 4.79 Å². The molecule has 0 aliphatic rings. The van der Waals surface area contributed by atoms with Crippen LogP contribution in [0.5, 0.6) is 0 Å². The van der Waals surface area contributed by atoms with Crippen LogP contribution in [0.1, 0.15) is 27.5 Å². The standard InChI is InChI=1S/C28H21BrIN3O2/c1-17-12-22(16-31-32-28(34)26-14-21-13-23(29)15-25(30)27(21)35-26)18(2)33(17)24-10-8-20(9-11-24)19-6-4-3-5-7-19/h3-16H,1-2H3,(H,32,34)/b31-16+. The summed E-state index contributed by atoms with van der Waals surface area (Å²) in [5.41, 5.74) is 9.75. The van der Waals surface area contributed by atoms with Crippen LogP contribution in [0.25, 0.3) is 27.8 Å². The van der Waals surface area contributed by atoms with Crippen molar-refractivity contribution >= 4 is 61.6 Å². The molecule has 2 heterocycles. The summed E-state index contributed by atoms with van der Waals surface area (Å²) in [5, 5.41) is 5.04. The van der Waals surface area contributed by atoms with Crippen molar-refractivity contribution in [1.29, 1.82) is 0 Å². The van der Waals surface area contributed by atoms with Gasteiger partial charge in [-0.15, -0.1) is 0 Å². The molecule has 35 heavy (non-hydrogen) atoms. The van der Waals surface area contributed by atoms with E-state index in [1.54, 1.807) is 12.3 Å². The number of hydrogen-bond acceptors (Lipinski definition) is 3. The summed E-state index contributed by atoms with van der Waals surface area (Å²) < 4.78 is 9.79. The van der Waals surface area contributed by atoms with Crippen molar-refractivity contribution in [3.63, 3.8) is 0 Å². The first kappa shape index (κ1) is 23.6. The molecule has 0 bridgehead atoms. The molecule has 2 aromatic heterocycles. The second kappa shape index (κ2) is 9.83. The highest BCUT2D eigenvalue weighted by molar-refractivity contribution is 14.1. The molecule has 5 rings (SSSR count). The van der Waals surface area contributed by atoms with E-state index >= 15 is 0 Å². The third-order valence-corrected chi connectivity index (χ3v) is 7.09. The van der Waals surface area contributed by atoms with Crippen molar-refractivity contribution in [2.75, 3.05) is 0 Å². The molecule has 5 aromatic rings. The van der Waals surface area contributed by atoms with Gasteiger partial charge in [0.1, 0.15) is 5.58 Å². The van der Waals surface area contributed by atoms with Gasteiger partial charge in [0.25, 0.3) is 0 Å². The van der Waals surface area contributed by atoms with Crippen LogP contribution in [0.3, 0.4) is 0 Å². The number of nitrogens with zero attached hydrogens (tertiary/aromatic N) is 2. The minimum atomic E-state index is -0.394. The molecule has 1 amide bonds. The minimum Gasteiger partial charge on any atom is -0.450 e. The normalized spacial score (nSPS) is 11.4. The summed E-state index contributed by atoms with van der Waals surface area (Å²) in [6, 6.07) is 26.4. The number of fused-ring (bicyclic) bond motifs is 1. The lowest BCUT2D eigenvalue weighted by atomic mass is 10.1. The topological polar surface area (TPSA) is 59.5 Å². The van der Waals surface area contributed by atoms with Crippen LogP contribution in [0.4, 0.5) is 0 Å². The molecule has 1 N–H and O–H groups in total. The largest absolute Gasteiger partial charge is 0.450 e. The van der Waals surface area contributed by atoms with E-state index in [0.29, 0.717) is 5.58 Å². The predicted octanol–water partition coefficient (Wildman–Crippen LogP) is 7.64. The number of amides is 1. The number of carbonyl (C=O) groups excluding carboxylic acids is 1. The second-order valence-electron chi connectivity index (χ2n) is 8.19. The fourth-order valence-electron chi connectivity index (χ4n) is 4.15. The van der Waals surface area contributed by atoms with Crippen molar-refractivity contribution in [2.24, 2.45) is 5.10 Å².